The second kappa shape index (κ2) is 8.21. The molecule has 10 nitrogen and oxygen atoms in total. The van der Waals surface area contributed by atoms with Gasteiger partial charge in [0.25, 0.3) is 5.56 Å². The van der Waals surface area contributed by atoms with Gasteiger partial charge < -0.3 is 4.57 Å². The third kappa shape index (κ3) is 3.84. The lowest BCUT2D eigenvalue weighted by molar-refractivity contribution is -0.131. The first-order chi connectivity index (χ1) is 13.3. The Morgan fingerprint density at radius 1 is 1.04 bits per heavy atom. The van der Waals surface area contributed by atoms with E-state index in [2.05, 4.69) is 15.8 Å². The van der Waals surface area contributed by atoms with E-state index in [0.29, 0.717) is 5.16 Å². The van der Waals surface area contributed by atoms with Gasteiger partial charge in [0.15, 0.2) is 16.3 Å². The SMILES string of the molecule is Cn1c(=O)c2c(nc(SCC(=O)NNC(=O)C3CCCCC3)n2C)n(C)c1=O. The van der Waals surface area contributed by atoms with Crippen molar-refractivity contribution in [2.75, 3.05) is 5.75 Å². The predicted molar refractivity (Wildman–Crippen MR) is 105 cm³/mol. The van der Waals surface area contributed by atoms with Gasteiger partial charge in [-0.2, -0.15) is 0 Å². The lowest BCUT2D eigenvalue weighted by Crippen LogP contribution is -2.45. The zero-order valence-electron chi connectivity index (χ0n) is 16.2. The number of rotatable bonds is 4. The average molecular weight is 408 g/mol. The minimum absolute atomic E-state index is 0.0103. The van der Waals surface area contributed by atoms with Crippen molar-refractivity contribution in [3.63, 3.8) is 0 Å². The van der Waals surface area contributed by atoms with Crippen LogP contribution in [0.2, 0.25) is 0 Å². The summed E-state index contributed by atoms with van der Waals surface area (Å²) in [5.74, 6) is -0.558. The van der Waals surface area contributed by atoms with E-state index < -0.39 is 11.2 Å². The molecule has 0 bridgehead atoms. The molecule has 1 aliphatic carbocycles. The summed E-state index contributed by atoms with van der Waals surface area (Å²) in [6.45, 7) is 0. The molecule has 2 N–H and O–H groups in total. The van der Waals surface area contributed by atoms with Crippen LogP contribution in [0.1, 0.15) is 32.1 Å². The number of thioether (sulfide) groups is 1. The first-order valence-electron chi connectivity index (χ1n) is 9.15. The number of imidazole rings is 1. The lowest BCUT2D eigenvalue weighted by atomic mass is 9.89. The van der Waals surface area contributed by atoms with Crippen molar-refractivity contribution >= 4 is 34.7 Å². The number of fused-ring (bicyclic) bond motifs is 1. The van der Waals surface area contributed by atoms with Crippen LogP contribution in [0.15, 0.2) is 14.7 Å². The highest BCUT2D eigenvalue weighted by atomic mass is 32.2. The summed E-state index contributed by atoms with van der Waals surface area (Å²) in [7, 11) is 4.61. The summed E-state index contributed by atoms with van der Waals surface area (Å²) in [6, 6.07) is 0. The fourth-order valence-electron chi connectivity index (χ4n) is 3.39. The number of carbonyl (C=O) groups is 2. The van der Waals surface area contributed by atoms with Crippen molar-refractivity contribution in [3.8, 4) is 0 Å². The normalized spacial score (nSPS) is 15.0. The quantitative estimate of drug-likeness (QED) is 0.534. The molecule has 0 radical (unpaired) electrons. The number of hydrogen-bond acceptors (Lipinski definition) is 6. The average Bonchev–Trinajstić information content (AvgIpc) is 3.04. The van der Waals surface area contributed by atoms with Crippen LogP contribution in [0.5, 0.6) is 0 Å². The number of nitrogens with one attached hydrogen (secondary N) is 2. The molecule has 1 saturated carbocycles. The molecule has 0 saturated heterocycles. The van der Waals surface area contributed by atoms with E-state index >= 15 is 0 Å². The van der Waals surface area contributed by atoms with Gasteiger partial charge in [0.2, 0.25) is 11.8 Å². The van der Waals surface area contributed by atoms with Crippen molar-refractivity contribution in [1.29, 1.82) is 0 Å². The van der Waals surface area contributed by atoms with E-state index in [1.54, 1.807) is 18.7 Å². The summed E-state index contributed by atoms with van der Waals surface area (Å²) >= 11 is 1.12. The first kappa shape index (κ1) is 20.2. The van der Waals surface area contributed by atoms with Crippen molar-refractivity contribution in [3.05, 3.63) is 20.8 Å². The number of aryl methyl sites for hydroxylation is 2. The standard InChI is InChI=1S/C17H24N6O4S/c1-21-12-13(22(2)17(27)23(3)15(12)26)18-16(21)28-9-11(24)19-20-14(25)10-7-5-4-6-8-10/h10H,4-9H2,1-3H3,(H,19,24)(H,20,25). The number of carbonyl (C=O) groups excluding carboxylic acids is 2. The molecule has 0 atom stereocenters. The van der Waals surface area contributed by atoms with E-state index in [-0.39, 0.29) is 34.6 Å². The number of amides is 2. The van der Waals surface area contributed by atoms with Gasteiger partial charge in [0.05, 0.1) is 5.75 Å². The van der Waals surface area contributed by atoms with Gasteiger partial charge in [-0.15, -0.1) is 0 Å². The summed E-state index contributed by atoms with van der Waals surface area (Å²) < 4.78 is 3.88. The fraction of sp³-hybridized carbons (Fsp3) is 0.588. The number of nitrogens with zero attached hydrogens (tertiary/aromatic N) is 4. The molecular formula is C17H24N6O4S. The number of aromatic nitrogens is 4. The Hall–Kier alpha value is -2.56. The smallest absolute Gasteiger partial charge is 0.316 e. The highest BCUT2D eigenvalue weighted by Crippen LogP contribution is 2.23. The van der Waals surface area contributed by atoms with Gasteiger partial charge in [-0.05, 0) is 12.8 Å². The van der Waals surface area contributed by atoms with Crippen LogP contribution in [-0.2, 0) is 30.7 Å². The van der Waals surface area contributed by atoms with E-state index in [1.165, 1.54) is 11.6 Å². The Morgan fingerprint density at radius 3 is 2.39 bits per heavy atom. The maximum absolute atomic E-state index is 12.4. The molecule has 152 valence electrons. The zero-order valence-corrected chi connectivity index (χ0v) is 17.0. The Balaban J connectivity index is 1.64. The van der Waals surface area contributed by atoms with Gasteiger partial charge in [0.1, 0.15) is 0 Å². The molecule has 28 heavy (non-hydrogen) atoms. The van der Waals surface area contributed by atoms with Crippen LogP contribution in [0.4, 0.5) is 0 Å². The molecule has 2 aromatic heterocycles. The Morgan fingerprint density at radius 2 is 1.71 bits per heavy atom. The van der Waals surface area contributed by atoms with Gasteiger partial charge in [-0.25, -0.2) is 9.78 Å². The molecule has 1 fully saturated rings. The topological polar surface area (TPSA) is 120 Å². The molecule has 0 aromatic carbocycles. The van der Waals surface area contributed by atoms with Crippen molar-refractivity contribution in [1.82, 2.24) is 29.5 Å². The first-order valence-corrected chi connectivity index (χ1v) is 10.1. The lowest BCUT2D eigenvalue weighted by Gasteiger charge is -2.20. The van der Waals surface area contributed by atoms with Crippen molar-refractivity contribution in [2.24, 2.45) is 27.1 Å². The van der Waals surface area contributed by atoms with E-state index in [9.17, 15) is 19.2 Å². The van der Waals surface area contributed by atoms with Crippen LogP contribution < -0.4 is 22.1 Å². The molecule has 2 heterocycles. The second-order valence-corrected chi connectivity index (χ2v) is 7.93. The van der Waals surface area contributed by atoms with Crippen LogP contribution in [0, 0.1) is 5.92 Å². The maximum Gasteiger partial charge on any atom is 0.332 e. The van der Waals surface area contributed by atoms with E-state index in [4.69, 9.17) is 0 Å². The summed E-state index contributed by atoms with van der Waals surface area (Å²) in [6.07, 6.45) is 4.93. The van der Waals surface area contributed by atoms with E-state index in [1.807, 2.05) is 0 Å². The van der Waals surface area contributed by atoms with Gasteiger partial charge in [-0.3, -0.25) is 34.4 Å². The molecule has 11 heteroatoms. The molecular weight excluding hydrogens is 384 g/mol. The molecule has 0 spiro atoms. The van der Waals surface area contributed by atoms with Crippen molar-refractivity contribution < 1.29 is 9.59 Å². The van der Waals surface area contributed by atoms with Crippen LogP contribution in [0.3, 0.4) is 0 Å². The van der Waals surface area contributed by atoms with Gasteiger partial charge >= 0.3 is 5.69 Å². The van der Waals surface area contributed by atoms with Gasteiger partial charge in [0, 0.05) is 27.1 Å². The monoisotopic (exact) mass is 408 g/mol. The summed E-state index contributed by atoms with van der Waals surface area (Å²) in [4.78, 5) is 52.8. The van der Waals surface area contributed by atoms with Gasteiger partial charge in [-0.1, -0.05) is 31.0 Å². The van der Waals surface area contributed by atoms with Crippen LogP contribution >= 0.6 is 11.8 Å². The zero-order chi connectivity index (χ0) is 20.4. The predicted octanol–water partition coefficient (Wildman–Crippen LogP) is -0.210. The Kier molecular flexibility index (Phi) is 5.92. The molecule has 0 aliphatic heterocycles. The maximum atomic E-state index is 12.4. The highest BCUT2D eigenvalue weighted by Gasteiger charge is 2.22. The summed E-state index contributed by atoms with van der Waals surface area (Å²) in [5.41, 5.74) is 4.57. The second-order valence-electron chi connectivity index (χ2n) is 6.99. The largest absolute Gasteiger partial charge is 0.332 e. The molecule has 1 aliphatic rings. The molecule has 0 unspecified atom stereocenters. The van der Waals surface area contributed by atoms with Crippen LogP contribution in [0.25, 0.3) is 11.2 Å². The minimum Gasteiger partial charge on any atom is -0.316 e. The third-order valence-electron chi connectivity index (χ3n) is 5.07. The molecule has 2 amide bonds. The van der Waals surface area contributed by atoms with Crippen molar-refractivity contribution in [2.45, 2.75) is 37.3 Å². The third-order valence-corrected chi connectivity index (χ3v) is 6.10. The molecule has 2 aromatic rings. The highest BCUT2D eigenvalue weighted by molar-refractivity contribution is 7.99. The Bertz CT molecular complexity index is 1030. The summed E-state index contributed by atoms with van der Waals surface area (Å²) in [5, 5.41) is 0.432. The number of hydrazine groups is 1. The number of hydrogen-bond donors (Lipinski definition) is 2. The van der Waals surface area contributed by atoms with Crippen LogP contribution in [-0.4, -0.2) is 36.3 Å². The van der Waals surface area contributed by atoms with E-state index in [0.717, 1.165) is 48.4 Å². The fourth-order valence-corrected chi connectivity index (χ4v) is 4.16. The minimum atomic E-state index is -0.463. The Labute approximate surface area is 165 Å². The molecule has 3 rings (SSSR count).